The molecule has 1 amide bonds. The molecular formula is C15H13ClN2OS2. The van der Waals surface area contributed by atoms with Crippen molar-refractivity contribution in [2.45, 2.75) is 20.3 Å². The summed E-state index contributed by atoms with van der Waals surface area (Å²) in [7, 11) is 0. The number of thiophene rings is 1. The maximum Gasteiger partial charge on any atom is 0.231 e. The molecule has 2 heterocycles. The summed E-state index contributed by atoms with van der Waals surface area (Å²) in [5.41, 5.74) is 3.29. The van der Waals surface area contributed by atoms with Gasteiger partial charge in [0.05, 0.1) is 21.0 Å². The number of hydrogen-bond donors (Lipinski definition) is 1. The minimum absolute atomic E-state index is 0.0676. The normalized spacial score (nSPS) is 11.0. The third-order valence-electron chi connectivity index (χ3n) is 3.04. The SMILES string of the molecule is Cc1cc(C)c2nc(NC(=O)Cc3ccc(Cl)s3)sc2c1. The van der Waals surface area contributed by atoms with Gasteiger partial charge in [0.15, 0.2) is 5.13 Å². The molecule has 0 atom stereocenters. The van der Waals surface area contributed by atoms with Crippen LogP contribution in [-0.4, -0.2) is 10.9 Å². The van der Waals surface area contributed by atoms with Gasteiger partial charge in [-0.1, -0.05) is 29.0 Å². The van der Waals surface area contributed by atoms with E-state index in [4.69, 9.17) is 11.6 Å². The number of aromatic nitrogens is 1. The third kappa shape index (κ3) is 3.26. The number of rotatable bonds is 3. The van der Waals surface area contributed by atoms with Crippen LogP contribution in [0.1, 0.15) is 16.0 Å². The second-order valence-electron chi connectivity index (χ2n) is 4.88. The summed E-state index contributed by atoms with van der Waals surface area (Å²) in [6.07, 6.45) is 0.325. The highest BCUT2D eigenvalue weighted by molar-refractivity contribution is 7.22. The van der Waals surface area contributed by atoms with Gasteiger partial charge in [0.1, 0.15) is 0 Å². The lowest BCUT2D eigenvalue weighted by atomic mass is 10.1. The fourth-order valence-electron chi connectivity index (χ4n) is 2.19. The third-order valence-corrected chi connectivity index (χ3v) is 5.19. The van der Waals surface area contributed by atoms with Crippen molar-refractivity contribution < 1.29 is 4.79 Å². The number of aryl methyl sites for hydroxylation is 2. The maximum atomic E-state index is 12.0. The van der Waals surface area contributed by atoms with E-state index in [0.29, 0.717) is 15.9 Å². The van der Waals surface area contributed by atoms with E-state index in [9.17, 15) is 4.79 Å². The lowest BCUT2D eigenvalue weighted by Gasteiger charge is -1.98. The monoisotopic (exact) mass is 336 g/mol. The Hall–Kier alpha value is -1.43. The van der Waals surface area contributed by atoms with Crippen LogP contribution < -0.4 is 5.32 Å². The number of nitrogens with one attached hydrogen (secondary N) is 1. The van der Waals surface area contributed by atoms with Crippen LogP contribution in [0.25, 0.3) is 10.2 Å². The molecule has 3 nitrogen and oxygen atoms in total. The van der Waals surface area contributed by atoms with E-state index in [0.717, 1.165) is 20.7 Å². The van der Waals surface area contributed by atoms with Crippen molar-refractivity contribution in [1.82, 2.24) is 4.98 Å². The standard InChI is InChI=1S/C15H13ClN2OS2/c1-8-5-9(2)14-11(6-8)21-15(18-14)17-13(19)7-10-3-4-12(16)20-10/h3-6H,7H2,1-2H3,(H,17,18,19). The number of fused-ring (bicyclic) bond motifs is 1. The molecular weight excluding hydrogens is 324 g/mol. The number of carbonyl (C=O) groups excluding carboxylic acids is 1. The highest BCUT2D eigenvalue weighted by Gasteiger charge is 2.11. The Balaban J connectivity index is 1.78. The Morgan fingerprint density at radius 3 is 2.81 bits per heavy atom. The molecule has 1 aromatic carbocycles. The van der Waals surface area contributed by atoms with E-state index in [1.807, 2.05) is 13.0 Å². The van der Waals surface area contributed by atoms with Gasteiger partial charge in [-0.2, -0.15) is 0 Å². The molecule has 0 bridgehead atoms. The first-order valence-electron chi connectivity index (χ1n) is 6.43. The van der Waals surface area contributed by atoms with Crippen molar-refractivity contribution in [1.29, 1.82) is 0 Å². The van der Waals surface area contributed by atoms with Crippen LogP contribution in [0.2, 0.25) is 4.34 Å². The second-order valence-corrected chi connectivity index (χ2v) is 7.71. The van der Waals surface area contributed by atoms with E-state index in [2.05, 4.69) is 29.4 Å². The summed E-state index contributed by atoms with van der Waals surface area (Å²) in [6.45, 7) is 4.10. The molecule has 0 aliphatic heterocycles. The van der Waals surface area contributed by atoms with Gasteiger partial charge in [-0.25, -0.2) is 4.98 Å². The predicted molar refractivity (Wildman–Crippen MR) is 90.8 cm³/mol. The number of amides is 1. The maximum absolute atomic E-state index is 12.0. The topological polar surface area (TPSA) is 42.0 Å². The average Bonchev–Trinajstić information content (AvgIpc) is 2.95. The van der Waals surface area contributed by atoms with Gasteiger partial charge in [-0.3, -0.25) is 4.79 Å². The van der Waals surface area contributed by atoms with Crippen LogP contribution in [0.5, 0.6) is 0 Å². The number of carbonyl (C=O) groups is 1. The molecule has 2 aromatic heterocycles. The zero-order chi connectivity index (χ0) is 15.0. The summed E-state index contributed by atoms with van der Waals surface area (Å²) < 4.78 is 1.80. The van der Waals surface area contributed by atoms with Crippen molar-refractivity contribution in [2.75, 3.05) is 5.32 Å². The minimum atomic E-state index is -0.0676. The van der Waals surface area contributed by atoms with Gasteiger partial charge in [-0.05, 0) is 43.2 Å². The Bertz CT molecular complexity index is 822. The molecule has 0 saturated carbocycles. The van der Waals surface area contributed by atoms with E-state index in [-0.39, 0.29) is 5.91 Å². The van der Waals surface area contributed by atoms with E-state index >= 15 is 0 Å². The molecule has 21 heavy (non-hydrogen) atoms. The molecule has 0 aliphatic carbocycles. The highest BCUT2D eigenvalue weighted by Crippen LogP contribution is 2.29. The highest BCUT2D eigenvalue weighted by atomic mass is 35.5. The van der Waals surface area contributed by atoms with Crippen molar-refractivity contribution in [2.24, 2.45) is 0 Å². The average molecular weight is 337 g/mol. The van der Waals surface area contributed by atoms with Crippen LogP contribution in [0, 0.1) is 13.8 Å². The van der Waals surface area contributed by atoms with E-state index in [1.54, 1.807) is 6.07 Å². The van der Waals surface area contributed by atoms with Crippen molar-refractivity contribution >= 4 is 55.5 Å². The predicted octanol–water partition coefficient (Wildman–Crippen LogP) is 4.81. The summed E-state index contributed by atoms with van der Waals surface area (Å²) in [6, 6.07) is 7.87. The molecule has 0 unspecified atom stereocenters. The largest absolute Gasteiger partial charge is 0.302 e. The number of benzene rings is 1. The van der Waals surface area contributed by atoms with Crippen LogP contribution in [0.15, 0.2) is 24.3 Å². The Morgan fingerprint density at radius 1 is 1.29 bits per heavy atom. The molecule has 108 valence electrons. The van der Waals surface area contributed by atoms with Crippen LogP contribution in [0.3, 0.4) is 0 Å². The summed E-state index contributed by atoms with van der Waals surface area (Å²) in [5, 5.41) is 3.51. The number of nitrogens with zero attached hydrogens (tertiary/aromatic N) is 1. The van der Waals surface area contributed by atoms with Gasteiger partial charge in [0.2, 0.25) is 5.91 Å². The Labute approximate surface area is 135 Å². The minimum Gasteiger partial charge on any atom is -0.302 e. The van der Waals surface area contributed by atoms with Crippen molar-refractivity contribution in [3.8, 4) is 0 Å². The fraction of sp³-hybridized carbons (Fsp3) is 0.200. The first-order chi connectivity index (χ1) is 10.0. The van der Waals surface area contributed by atoms with E-state index in [1.165, 1.54) is 28.2 Å². The molecule has 0 spiro atoms. The van der Waals surface area contributed by atoms with Gasteiger partial charge < -0.3 is 5.32 Å². The number of anilines is 1. The number of thiazole rings is 1. The number of halogens is 1. The lowest BCUT2D eigenvalue weighted by Crippen LogP contribution is -2.13. The second kappa shape index (κ2) is 5.75. The number of hydrogen-bond acceptors (Lipinski definition) is 4. The van der Waals surface area contributed by atoms with Crippen LogP contribution >= 0.6 is 34.3 Å². The molecule has 0 radical (unpaired) electrons. The quantitative estimate of drug-likeness (QED) is 0.745. The summed E-state index contributed by atoms with van der Waals surface area (Å²) in [4.78, 5) is 17.5. The summed E-state index contributed by atoms with van der Waals surface area (Å²) >= 11 is 8.79. The fourth-order valence-corrected chi connectivity index (χ4v) is 4.34. The van der Waals surface area contributed by atoms with Gasteiger partial charge in [-0.15, -0.1) is 11.3 Å². The summed E-state index contributed by atoms with van der Waals surface area (Å²) in [5.74, 6) is -0.0676. The van der Waals surface area contributed by atoms with Gasteiger partial charge in [0, 0.05) is 4.88 Å². The molecule has 1 N–H and O–H groups in total. The first kappa shape index (κ1) is 14.5. The Morgan fingerprint density at radius 2 is 2.10 bits per heavy atom. The molecule has 0 aliphatic rings. The zero-order valence-electron chi connectivity index (χ0n) is 11.6. The smallest absolute Gasteiger partial charge is 0.231 e. The molecule has 0 saturated heterocycles. The van der Waals surface area contributed by atoms with Crippen molar-refractivity contribution in [3.05, 3.63) is 44.6 Å². The first-order valence-corrected chi connectivity index (χ1v) is 8.44. The van der Waals surface area contributed by atoms with Gasteiger partial charge >= 0.3 is 0 Å². The Kier molecular flexibility index (Phi) is 3.97. The zero-order valence-corrected chi connectivity index (χ0v) is 14.0. The molecule has 0 fully saturated rings. The van der Waals surface area contributed by atoms with Gasteiger partial charge in [0.25, 0.3) is 0 Å². The van der Waals surface area contributed by atoms with E-state index < -0.39 is 0 Å². The van der Waals surface area contributed by atoms with Crippen molar-refractivity contribution in [3.63, 3.8) is 0 Å². The molecule has 3 rings (SSSR count). The van der Waals surface area contributed by atoms with Crippen LogP contribution in [0.4, 0.5) is 5.13 Å². The lowest BCUT2D eigenvalue weighted by molar-refractivity contribution is -0.115. The van der Waals surface area contributed by atoms with Crippen LogP contribution in [-0.2, 0) is 11.2 Å². The molecule has 6 heteroatoms. The molecule has 3 aromatic rings.